The first-order chi connectivity index (χ1) is 12.6. The van der Waals surface area contributed by atoms with Crippen LogP contribution in [0.5, 0.6) is 5.75 Å². The van der Waals surface area contributed by atoms with E-state index in [1.54, 1.807) is 48.5 Å². The molecular formula is C19H22ClFN2O3S. The first-order valence-electron chi connectivity index (χ1n) is 8.76. The van der Waals surface area contributed by atoms with Gasteiger partial charge in [-0.25, -0.2) is 12.8 Å². The Morgan fingerprint density at radius 1 is 1.11 bits per heavy atom. The monoisotopic (exact) mass is 412 g/mol. The maximum Gasteiger partial charge on any atom is 0.206 e. The van der Waals surface area contributed by atoms with Crippen LogP contribution in [0, 0.1) is 0 Å². The highest BCUT2D eigenvalue weighted by molar-refractivity contribution is 7.91. The number of hydrogen-bond donors (Lipinski definition) is 1. The Bertz CT molecular complexity index is 895. The molecule has 0 amide bonds. The first-order valence-corrected chi connectivity index (χ1v) is 10.2. The number of anilines is 1. The van der Waals surface area contributed by atoms with Crippen LogP contribution in [0.3, 0.4) is 0 Å². The molecule has 2 aromatic rings. The van der Waals surface area contributed by atoms with Crippen molar-refractivity contribution in [3.63, 3.8) is 0 Å². The fourth-order valence-electron chi connectivity index (χ4n) is 3.62. The molecule has 0 spiro atoms. The molecule has 2 aliphatic heterocycles. The maximum absolute atomic E-state index is 14.5. The van der Waals surface area contributed by atoms with Gasteiger partial charge in [-0.05, 0) is 43.3 Å². The van der Waals surface area contributed by atoms with E-state index < -0.39 is 16.0 Å². The Labute approximate surface area is 164 Å². The van der Waals surface area contributed by atoms with Gasteiger partial charge in [0.2, 0.25) is 9.84 Å². The smallest absolute Gasteiger partial charge is 0.206 e. The number of piperidine rings is 1. The summed E-state index contributed by atoms with van der Waals surface area (Å²) in [4.78, 5) is 2.41. The lowest BCUT2D eigenvalue weighted by Crippen LogP contribution is -2.53. The van der Waals surface area contributed by atoms with E-state index in [1.807, 2.05) is 4.90 Å². The van der Waals surface area contributed by atoms with Gasteiger partial charge in [-0.2, -0.15) is 0 Å². The number of halogens is 2. The number of sulfone groups is 1. The summed E-state index contributed by atoms with van der Waals surface area (Å²) >= 11 is 0. The van der Waals surface area contributed by atoms with Crippen LogP contribution in [0.15, 0.2) is 58.3 Å². The second-order valence-corrected chi connectivity index (χ2v) is 8.51. The van der Waals surface area contributed by atoms with Crippen molar-refractivity contribution in [3.8, 4) is 5.75 Å². The Morgan fingerprint density at radius 3 is 2.63 bits per heavy atom. The average molecular weight is 413 g/mol. The van der Waals surface area contributed by atoms with Crippen molar-refractivity contribution < 1.29 is 17.5 Å². The highest BCUT2D eigenvalue weighted by atomic mass is 35.5. The van der Waals surface area contributed by atoms with Gasteiger partial charge < -0.3 is 15.0 Å². The molecule has 0 aromatic heterocycles. The lowest BCUT2D eigenvalue weighted by Gasteiger charge is -2.41. The van der Waals surface area contributed by atoms with Crippen LogP contribution >= 0.6 is 12.4 Å². The largest absolute Gasteiger partial charge is 0.490 e. The molecule has 8 heteroatoms. The van der Waals surface area contributed by atoms with E-state index in [4.69, 9.17) is 4.74 Å². The zero-order valence-electron chi connectivity index (χ0n) is 14.7. The van der Waals surface area contributed by atoms with Crippen molar-refractivity contribution >= 4 is 27.9 Å². The van der Waals surface area contributed by atoms with E-state index in [0.717, 1.165) is 6.54 Å². The van der Waals surface area contributed by atoms with Gasteiger partial charge in [-0.15, -0.1) is 12.4 Å². The molecule has 0 aliphatic carbocycles. The average Bonchev–Trinajstić information content (AvgIpc) is 2.68. The number of alkyl halides is 1. The SMILES string of the molecule is Cl.O=S(=O)(c1ccccc1)c1ccc2c(c1)N(C1CCNCC1F)CCO2. The second-order valence-electron chi connectivity index (χ2n) is 6.56. The molecular weight excluding hydrogens is 391 g/mol. The summed E-state index contributed by atoms with van der Waals surface area (Å²) in [5, 5.41) is 3.06. The molecule has 0 saturated carbocycles. The predicted octanol–water partition coefficient (Wildman–Crippen LogP) is 2.84. The highest BCUT2D eigenvalue weighted by Gasteiger charge is 2.34. The molecule has 1 N–H and O–H groups in total. The molecule has 4 rings (SSSR count). The zero-order chi connectivity index (χ0) is 18.1. The van der Waals surface area contributed by atoms with Gasteiger partial charge in [0.25, 0.3) is 0 Å². The van der Waals surface area contributed by atoms with Crippen LogP contribution in [-0.2, 0) is 9.84 Å². The predicted molar refractivity (Wildman–Crippen MR) is 105 cm³/mol. The van der Waals surface area contributed by atoms with Crippen molar-refractivity contribution in [2.24, 2.45) is 0 Å². The van der Waals surface area contributed by atoms with E-state index in [2.05, 4.69) is 5.32 Å². The number of fused-ring (bicyclic) bond motifs is 1. The van der Waals surface area contributed by atoms with Crippen LogP contribution in [0.1, 0.15) is 6.42 Å². The molecule has 0 radical (unpaired) electrons. The fourth-order valence-corrected chi connectivity index (χ4v) is 4.92. The third kappa shape index (κ3) is 3.77. The number of rotatable bonds is 3. The molecule has 1 fully saturated rings. The van der Waals surface area contributed by atoms with Gasteiger partial charge in [0.1, 0.15) is 18.5 Å². The summed E-state index contributed by atoms with van der Waals surface area (Å²) in [6, 6.07) is 12.9. The molecule has 2 aliphatic rings. The molecule has 0 bridgehead atoms. The van der Waals surface area contributed by atoms with Crippen molar-refractivity contribution in [1.29, 1.82) is 0 Å². The third-order valence-electron chi connectivity index (χ3n) is 4.97. The highest BCUT2D eigenvalue weighted by Crippen LogP contribution is 2.37. The fraction of sp³-hybridized carbons (Fsp3) is 0.368. The van der Waals surface area contributed by atoms with E-state index in [-0.39, 0.29) is 28.2 Å². The molecule has 5 nitrogen and oxygen atoms in total. The van der Waals surface area contributed by atoms with E-state index in [0.29, 0.717) is 37.6 Å². The quantitative estimate of drug-likeness (QED) is 0.840. The number of nitrogens with zero attached hydrogens (tertiary/aromatic N) is 1. The molecule has 27 heavy (non-hydrogen) atoms. The Hall–Kier alpha value is -1.83. The standard InChI is InChI=1S/C19H21FN2O3S.ClH/c20-16-13-21-9-8-17(16)22-10-11-25-19-7-6-15(12-18(19)22)26(23,24)14-4-2-1-3-5-14;/h1-7,12,16-17,21H,8-11,13H2;1H. The maximum atomic E-state index is 14.5. The molecule has 2 unspecified atom stereocenters. The number of hydrogen-bond acceptors (Lipinski definition) is 5. The first kappa shape index (κ1) is 19.9. The van der Waals surface area contributed by atoms with E-state index >= 15 is 0 Å². The van der Waals surface area contributed by atoms with Gasteiger partial charge in [-0.3, -0.25) is 0 Å². The molecule has 146 valence electrons. The van der Waals surface area contributed by atoms with Crippen LogP contribution in [-0.4, -0.2) is 46.9 Å². The summed E-state index contributed by atoms with van der Waals surface area (Å²) in [5.41, 5.74) is 0.655. The summed E-state index contributed by atoms with van der Waals surface area (Å²) in [6.45, 7) is 2.08. The van der Waals surface area contributed by atoms with E-state index in [9.17, 15) is 12.8 Å². The summed E-state index contributed by atoms with van der Waals surface area (Å²) in [5.74, 6) is 0.606. The number of nitrogens with one attached hydrogen (secondary N) is 1. The lowest BCUT2D eigenvalue weighted by atomic mass is 10.0. The normalized spacial score (nSPS) is 22.3. The third-order valence-corrected chi connectivity index (χ3v) is 6.73. The second kappa shape index (κ2) is 8.04. The van der Waals surface area contributed by atoms with Crippen molar-refractivity contribution in [1.82, 2.24) is 5.32 Å². The zero-order valence-corrected chi connectivity index (χ0v) is 16.3. The van der Waals surface area contributed by atoms with Crippen LogP contribution in [0.2, 0.25) is 0 Å². The Kier molecular flexibility index (Phi) is 5.93. The van der Waals surface area contributed by atoms with Gasteiger partial charge in [0.15, 0.2) is 0 Å². The number of benzene rings is 2. The van der Waals surface area contributed by atoms with Crippen LogP contribution < -0.4 is 15.0 Å². The van der Waals surface area contributed by atoms with Crippen LogP contribution in [0.25, 0.3) is 0 Å². The topological polar surface area (TPSA) is 58.6 Å². The lowest BCUT2D eigenvalue weighted by molar-refractivity contribution is 0.208. The minimum atomic E-state index is -3.63. The summed E-state index contributed by atoms with van der Waals surface area (Å²) < 4.78 is 46.0. The molecule has 2 aromatic carbocycles. The van der Waals surface area contributed by atoms with Gasteiger partial charge in [0.05, 0.1) is 28.1 Å². The van der Waals surface area contributed by atoms with Crippen molar-refractivity contribution in [3.05, 3.63) is 48.5 Å². The van der Waals surface area contributed by atoms with Crippen LogP contribution in [0.4, 0.5) is 10.1 Å². The Morgan fingerprint density at radius 2 is 1.89 bits per heavy atom. The summed E-state index contributed by atoms with van der Waals surface area (Å²) in [7, 11) is -3.63. The van der Waals surface area contributed by atoms with Crippen molar-refractivity contribution in [2.75, 3.05) is 31.1 Å². The van der Waals surface area contributed by atoms with Gasteiger partial charge >= 0.3 is 0 Å². The number of ether oxygens (including phenoxy) is 1. The Balaban J connectivity index is 0.00000210. The summed E-state index contributed by atoms with van der Waals surface area (Å²) in [6.07, 6.45) is -0.319. The minimum Gasteiger partial charge on any atom is -0.490 e. The van der Waals surface area contributed by atoms with Crippen molar-refractivity contribution in [2.45, 2.75) is 28.4 Å². The molecule has 2 atom stereocenters. The van der Waals surface area contributed by atoms with Gasteiger partial charge in [0, 0.05) is 6.54 Å². The minimum absolute atomic E-state index is 0. The molecule has 1 saturated heterocycles. The van der Waals surface area contributed by atoms with Gasteiger partial charge in [-0.1, -0.05) is 18.2 Å². The van der Waals surface area contributed by atoms with E-state index in [1.165, 1.54) is 0 Å². The molecule has 2 heterocycles.